The first-order chi connectivity index (χ1) is 11.7. The minimum Gasteiger partial charge on any atom is -0.467 e. The molecule has 0 spiro atoms. The second kappa shape index (κ2) is 7.45. The summed E-state index contributed by atoms with van der Waals surface area (Å²) in [7, 11) is 0. The predicted molar refractivity (Wildman–Crippen MR) is 88.1 cm³/mol. The van der Waals surface area contributed by atoms with Crippen molar-refractivity contribution in [2.75, 3.05) is 0 Å². The largest absolute Gasteiger partial charge is 0.467 e. The topological polar surface area (TPSA) is 85.0 Å². The third-order valence-electron chi connectivity index (χ3n) is 3.60. The fraction of sp³-hybridized carbons (Fsp3) is 0.235. The van der Waals surface area contributed by atoms with E-state index in [-0.39, 0.29) is 12.1 Å². The minimum atomic E-state index is -0.231. The van der Waals surface area contributed by atoms with E-state index in [9.17, 15) is 4.79 Å². The molecule has 1 unspecified atom stereocenters. The summed E-state index contributed by atoms with van der Waals surface area (Å²) < 4.78 is 7.02. The summed E-state index contributed by atoms with van der Waals surface area (Å²) in [5.41, 5.74) is 2.15. The summed E-state index contributed by atoms with van der Waals surface area (Å²) in [4.78, 5) is 15.8. The molecule has 0 saturated carbocycles. The molecule has 0 aliphatic heterocycles. The van der Waals surface area contributed by atoms with Gasteiger partial charge in [-0.05, 0) is 30.2 Å². The number of furan rings is 1. The van der Waals surface area contributed by atoms with E-state index in [1.54, 1.807) is 23.3 Å². The lowest BCUT2D eigenvalue weighted by molar-refractivity contribution is 0.235. The Morgan fingerprint density at radius 2 is 2.04 bits per heavy atom. The monoisotopic (exact) mass is 325 g/mol. The average Bonchev–Trinajstić information content (AvgIpc) is 3.28. The van der Waals surface area contributed by atoms with Crippen LogP contribution in [-0.4, -0.2) is 20.8 Å². The van der Waals surface area contributed by atoms with Gasteiger partial charge >= 0.3 is 6.03 Å². The van der Waals surface area contributed by atoms with E-state index in [1.807, 2.05) is 37.3 Å². The fourth-order valence-electron chi connectivity index (χ4n) is 2.30. The van der Waals surface area contributed by atoms with Crippen LogP contribution in [0.15, 0.2) is 59.7 Å². The van der Waals surface area contributed by atoms with Crippen LogP contribution in [-0.2, 0) is 13.1 Å². The fourth-order valence-corrected chi connectivity index (χ4v) is 2.30. The Balaban J connectivity index is 1.46. The van der Waals surface area contributed by atoms with Gasteiger partial charge in [0.15, 0.2) is 0 Å². The van der Waals surface area contributed by atoms with Crippen molar-refractivity contribution < 1.29 is 9.21 Å². The van der Waals surface area contributed by atoms with Gasteiger partial charge in [0, 0.05) is 6.54 Å². The van der Waals surface area contributed by atoms with Crippen LogP contribution in [0.4, 0.5) is 4.79 Å². The standard InChI is InChI=1S/C17H19N5O2/c1-13(16-3-2-8-24-16)21-17(23)19-9-14-4-6-15(7-5-14)10-22-12-18-11-20-22/h2-8,11-13H,9-10H2,1H3,(H2,19,21,23). The minimum absolute atomic E-state index is 0.176. The van der Waals surface area contributed by atoms with Crippen molar-refractivity contribution in [1.82, 2.24) is 25.4 Å². The molecule has 24 heavy (non-hydrogen) atoms. The second-order valence-electron chi connectivity index (χ2n) is 5.47. The maximum atomic E-state index is 11.9. The lowest BCUT2D eigenvalue weighted by Gasteiger charge is -2.12. The second-order valence-corrected chi connectivity index (χ2v) is 5.47. The summed E-state index contributed by atoms with van der Waals surface area (Å²) in [6.07, 6.45) is 4.78. The summed E-state index contributed by atoms with van der Waals surface area (Å²) in [6.45, 7) is 3.01. The average molecular weight is 325 g/mol. The van der Waals surface area contributed by atoms with Gasteiger partial charge in [0.2, 0.25) is 0 Å². The highest BCUT2D eigenvalue weighted by molar-refractivity contribution is 5.74. The van der Waals surface area contributed by atoms with Crippen molar-refractivity contribution >= 4 is 6.03 Å². The first-order valence-electron chi connectivity index (χ1n) is 7.69. The molecule has 2 N–H and O–H groups in total. The first-order valence-corrected chi connectivity index (χ1v) is 7.69. The van der Waals surface area contributed by atoms with Gasteiger partial charge < -0.3 is 15.1 Å². The van der Waals surface area contributed by atoms with Crippen LogP contribution in [0.5, 0.6) is 0 Å². The molecule has 2 amide bonds. The predicted octanol–water partition coefficient (Wildman–Crippen LogP) is 2.48. The van der Waals surface area contributed by atoms with E-state index >= 15 is 0 Å². The Hall–Kier alpha value is -3.09. The molecule has 0 fully saturated rings. The molecule has 0 aliphatic rings. The molecule has 7 nitrogen and oxygen atoms in total. The quantitative estimate of drug-likeness (QED) is 0.729. The van der Waals surface area contributed by atoms with Gasteiger partial charge in [0.1, 0.15) is 18.4 Å². The Morgan fingerprint density at radius 3 is 2.71 bits per heavy atom. The Bertz CT molecular complexity index is 751. The molecule has 0 bridgehead atoms. The zero-order chi connectivity index (χ0) is 16.8. The summed E-state index contributed by atoms with van der Waals surface area (Å²) in [6, 6.07) is 11.2. The lowest BCUT2D eigenvalue weighted by atomic mass is 10.1. The smallest absolute Gasteiger partial charge is 0.315 e. The van der Waals surface area contributed by atoms with Crippen molar-refractivity contribution in [3.05, 3.63) is 72.2 Å². The molecule has 0 aliphatic carbocycles. The van der Waals surface area contributed by atoms with Crippen LogP contribution in [0.2, 0.25) is 0 Å². The number of nitrogens with zero attached hydrogens (tertiary/aromatic N) is 3. The number of benzene rings is 1. The van der Waals surface area contributed by atoms with E-state index in [2.05, 4.69) is 20.7 Å². The van der Waals surface area contributed by atoms with Gasteiger partial charge in [0.25, 0.3) is 0 Å². The molecule has 3 rings (SSSR count). The van der Waals surface area contributed by atoms with E-state index in [1.165, 1.54) is 6.33 Å². The van der Waals surface area contributed by atoms with E-state index in [0.717, 1.165) is 16.9 Å². The Kier molecular flexibility index (Phi) is 4.90. The van der Waals surface area contributed by atoms with Crippen molar-refractivity contribution in [3.8, 4) is 0 Å². The first kappa shape index (κ1) is 15.8. The highest BCUT2D eigenvalue weighted by Crippen LogP contribution is 2.11. The number of rotatable bonds is 6. The molecule has 2 aromatic heterocycles. The highest BCUT2D eigenvalue weighted by Gasteiger charge is 2.11. The van der Waals surface area contributed by atoms with Crippen LogP contribution < -0.4 is 10.6 Å². The number of carbonyl (C=O) groups is 1. The number of hydrogen-bond acceptors (Lipinski definition) is 4. The van der Waals surface area contributed by atoms with Crippen molar-refractivity contribution in [2.24, 2.45) is 0 Å². The van der Waals surface area contributed by atoms with E-state index < -0.39 is 0 Å². The number of amides is 2. The summed E-state index contributed by atoms with van der Waals surface area (Å²) in [5, 5.41) is 9.74. The molecular formula is C17H19N5O2. The van der Waals surface area contributed by atoms with Crippen LogP contribution >= 0.6 is 0 Å². The highest BCUT2D eigenvalue weighted by atomic mass is 16.3. The number of hydrogen-bond donors (Lipinski definition) is 2. The molecule has 0 saturated heterocycles. The number of aromatic nitrogens is 3. The molecule has 7 heteroatoms. The SMILES string of the molecule is CC(NC(=O)NCc1ccc(Cn2cncn2)cc1)c1ccco1. The van der Waals surface area contributed by atoms with Crippen LogP contribution in [0.1, 0.15) is 29.9 Å². The van der Waals surface area contributed by atoms with Crippen molar-refractivity contribution in [1.29, 1.82) is 0 Å². The van der Waals surface area contributed by atoms with Gasteiger partial charge in [-0.3, -0.25) is 0 Å². The van der Waals surface area contributed by atoms with Crippen LogP contribution in [0, 0.1) is 0 Å². The summed E-state index contributed by atoms with van der Waals surface area (Å²) in [5.74, 6) is 0.725. The molecule has 3 aromatic rings. The zero-order valence-corrected chi connectivity index (χ0v) is 13.3. The molecule has 1 aromatic carbocycles. The third-order valence-corrected chi connectivity index (χ3v) is 3.60. The summed E-state index contributed by atoms with van der Waals surface area (Å²) >= 11 is 0. The van der Waals surface area contributed by atoms with Crippen LogP contribution in [0.3, 0.4) is 0 Å². The van der Waals surface area contributed by atoms with E-state index in [4.69, 9.17) is 4.42 Å². The normalized spacial score (nSPS) is 11.9. The van der Waals surface area contributed by atoms with Gasteiger partial charge in [0.05, 0.1) is 18.8 Å². The molecule has 124 valence electrons. The van der Waals surface area contributed by atoms with E-state index in [0.29, 0.717) is 13.1 Å². The molecule has 0 radical (unpaired) electrons. The molecular weight excluding hydrogens is 306 g/mol. The van der Waals surface area contributed by atoms with Crippen molar-refractivity contribution in [3.63, 3.8) is 0 Å². The van der Waals surface area contributed by atoms with Gasteiger partial charge in [-0.1, -0.05) is 24.3 Å². The third kappa shape index (κ3) is 4.22. The number of carbonyl (C=O) groups excluding carboxylic acids is 1. The Labute approximate surface area is 139 Å². The maximum Gasteiger partial charge on any atom is 0.315 e. The maximum absolute atomic E-state index is 11.9. The van der Waals surface area contributed by atoms with Gasteiger partial charge in [-0.15, -0.1) is 0 Å². The lowest BCUT2D eigenvalue weighted by Crippen LogP contribution is -2.36. The van der Waals surface area contributed by atoms with Crippen molar-refractivity contribution in [2.45, 2.75) is 26.1 Å². The molecule has 1 atom stereocenters. The number of urea groups is 1. The van der Waals surface area contributed by atoms with Gasteiger partial charge in [-0.2, -0.15) is 5.10 Å². The van der Waals surface area contributed by atoms with Gasteiger partial charge in [-0.25, -0.2) is 14.5 Å². The zero-order valence-electron chi connectivity index (χ0n) is 13.3. The Morgan fingerprint density at radius 1 is 1.25 bits per heavy atom. The number of nitrogens with one attached hydrogen (secondary N) is 2. The molecule has 2 heterocycles. The van der Waals surface area contributed by atoms with Crippen LogP contribution in [0.25, 0.3) is 0 Å².